The normalized spacial score (nSPS) is 16.1. The fraction of sp³-hybridized carbons (Fsp3) is 0.361. The van der Waals surface area contributed by atoms with Crippen molar-refractivity contribution >= 4 is 56.4 Å². The first-order valence-electron chi connectivity index (χ1n) is 16.1. The number of nitrogens with one attached hydrogen (secondary N) is 2. The minimum Gasteiger partial charge on any atom is -0.493 e. The Labute approximate surface area is 281 Å². The van der Waals surface area contributed by atoms with Crippen LogP contribution >= 0.6 is 15.9 Å². The number of ether oxygens (including phenoxy) is 1. The van der Waals surface area contributed by atoms with Gasteiger partial charge in [0.25, 0.3) is 5.91 Å². The highest BCUT2D eigenvalue weighted by atomic mass is 79.9. The van der Waals surface area contributed by atoms with Crippen LogP contribution in [0.1, 0.15) is 85.8 Å². The van der Waals surface area contributed by atoms with E-state index in [2.05, 4.69) is 48.0 Å². The Hall–Kier alpha value is -4.51. The molecule has 47 heavy (non-hydrogen) atoms. The maximum absolute atomic E-state index is 13.8. The third-order valence-electron chi connectivity index (χ3n) is 9.26. The predicted octanol–water partition coefficient (Wildman–Crippen LogP) is 7.46. The van der Waals surface area contributed by atoms with Gasteiger partial charge in [0.2, 0.25) is 5.91 Å². The topological polar surface area (TPSA) is 135 Å². The molecule has 2 amide bonds. The average Bonchev–Trinajstić information content (AvgIpc) is 3.34. The van der Waals surface area contributed by atoms with Crippen LogP contribution in [0.3, 0.4) is 0 Å². The van der Waals surface area contributed by atoms with E-state index in [0.717, 1.165) is 52.0 Å². The molecule has 2 aliphatic rings. The van der Waals surface area contributed by atoms with Crippen molar-refractivity contribution in [2.24, 2.45) is 0 Å². The lowest BCUT2D eigenvalue weighted by molar-refractivity contribution is -0.131. The van der Waals surface area contributed by atoms with E-state index in [0.29, 0.717) is 53.9 Å². The van der Waals surface area contributed by atoms with Crippen LogP contribution in [-0.2, 0) is 9.59 Å². The molecular formula is C36H38BrN5O5. The molecule has 0 aliphatic heterocycles. The molecule has 2 fully saturated rings. The Balaban J connectivity index is 1.27. The van der Waals surface area contributed by atoms with Gasteiger partial charge in [0.1, 0.15) is 11.3 Å². The second-order valence-corrected chi connectivity index (χ2v) is 13.2. The molecule has 2 aromatic heterocycles. The van der Waals surface area contributed by atoms with Crippen LogP contribution in [-0.4, -0.2) is 49.6 Å². The monoisotopic (exact) mass is 699 g/mol. The van der Waals surface area contributed by atoms with E-state index in [1.54, 1.807) is 30.6 Å². The summed E-state index contributed by atoms with van der Waals surface area (Å²) in [6.45, 7) is 4.26. The van der Waals surface area contributed by atoms with Gasteiger partial charge in [-0.25, -0.2) is 14.8 Å². The Kier molecular flexibility index (Phi) is 9.45. The summed E-state index contributed by atoms with van der Waals surface area (Å²) >= 11 is 3.45. The number of hydrogen-bond donors (Lipinski definition) is 3. The van der Waals surface area contributed by atoms with E-state index >= 15 is 0 Å². The number of aliphatic carboxylic acids is 1. The zero-order chi connectivity index (χ0) is 33.1. The highest BCUT2D eigenvalue weighted by Gasteiger charge is 2.45. The largest absolute Gasteiger partial charge is 0.493 e. The van der Waals surface area contributed by atoms with Gasteiger partial charge in [0.15, 0.2) is 5.82 Å². The Morgan fingerprint density at radius 3 is 2.47 bits per heavy atom. The number of carboxylic acids is 1. The molecule has 0 radical (unpaired) electrons. The number of carboxylic acid groups (broad SMARTS) is 1. The number of rotatable bonds is 10. The molecule has 2 heterocycles. The third-order valence-corrected chi connectivity index (χ3v) is 9.67. The smallest absolute Gasteiger partial charge is 0.328 e. The predicted molar refractivity (Wildman–Crippen MR) is 184 cm³/mol. The van der Waals surface area contributed by atoms with Crippen molar-refractivity contribution in [2.45, 2.75) is 76.8 Å². The van der Waals surface area contributed by atoms with Crippen molar-refractivity contribution in [3.05, 3.63) is 76.0 Å². The maximum atomic E-state index is 13.8. The van der Waals surface area contributed by atoms with Crippen LogP contribution in [0.15, 0.2) is 59.3 Å². The summed E-state index contributed by atoms with van der Waals surface area (Å²) in [7, 11) is 0. The Morgan fingerprint density at radius 2 is 1.81 bits per heavy atom. The van der Waals surface area contributed by atoms with Gasteiger partial charge in [-0.05, 0) is 104 Å². The van der Waals surface area contributed by atoms with Crippen molar-refractivity contribution in [3.8, 4) is 17.3 Å². The van der Waals surface area contributed by atoms with E-state index < -0.39 is 11.5 Å². The second-order valence-electron chi connectivity index (χ2n) is 12.3. The molecule has 10 nitrogen and oxygen atoms in total. The summed E-state index contributed by atoms with van der Waals surface area (Å²) < 4.78 is 8.87. The maximum Gasteiger partial charge on any atom is 0.328 e. The zero-order valence-corrected chi connectivity index (χ0v) is 28.1. The average molecular weight is 701 g/mol. The molecule has 6 rings (SSSR count). The van der Waals surface area contributed by atoms with Gasteiger partial charge in [-0.3, -0.25) is 9.59 Å². The van der Waals surface area contributed by atoms with Crippen LogP contribution in [0, 0.1) is 6.92 Å². The molecule has 11 heteroatoms. The summed E-state index contributed by atoms with van der Waals surface area (Å²) in [6, 6.07) is 11.1. The molecule has 3 N–H and O–H groups in total. The number of carbonyl (C=O) groups excluding carboxylic acids is 2. The number of aryl methyl sites for hydroxylation is 1. The van der Waals surface area contributed by atoms with Crippen LogP contribution in [0.4, 0.5) is 5.69 Å². The molecule has 0 unspecified atom stereocenters. The number of carbonyl (C=O) groups is 3. The Bertz CT molecular complexity index is 1860. The molecule has 244 valence electrons. The van der Waals surface area contributed by atoms with Crippen molar-refractivity contribution < 1.29 is 24.2 Å². The molecule has 4 aromatic rings. The number of fused-ring (bicyclic) bond motifs is 1. The summed E-state index contributed by atoms with van der Waals surface area (Å²) in [5.41, 5.74) is 3.56. The molecule has 0 saturated heterocycles. The van der Waals surface area contributed by atoms with Gasteiger partial charge < -0.3 is 25.0 Å². The van der Waals surface area contributed by atoms with Crippen LogP contribution < -0.4 is 15.4 Å². The molecule has 2 aliphatic carbocycles. The van der Waals surface area contributed by atoms with Gasteiger partial charge in [0, 0.05) is 58.3 Å². The first kappa shape index (κ1) is 32.4. The number of anilines is 1. The fourth-order valence-corrected chi connectivity index (χ4v) is 6.92. The lowest BCUT2D eigenvalue weighted by atomic mass is 9.75. The van der Waals surface area contributed by atoms with Crippen molar-refractivity contribution in [1.82, 2.24) is 19.9 Å². The van der Waals surface area contributed by atoms with Gasteiger partial charge in [0.05, 0.1) is 16.8 Å². The Morgan fingerprint density at radius 1 is 1.06 bits per heavy atom. The highest BCUT2D eigenvalue weighted by molar-refractivity contribution is 9.10. The minimum absolute atomic E-state index is 0.302. The van der Waals surface area contributed by atoms with E-state index in [9.17, 15) is 14.4 Å². The van der Waals surface area contributed by atoms with Crippen molar-refractivity contribution in [3.63, 3.8) is 0 Å². The van der Waals surface area contributed by atoms with E-state index in [1.165, 1.54) is 25.3 Å². The van der Waals surface area contributed by atoms with Crippen molar-refractivity contribution in [1.29, 1.82) is 0 Å². The highest BCUT2D eigenvalue weighted by Crippen LogP contribution is 2.40. The lowest BCUT2D eigenvalue weighted by Crippen LogP contribution is -2.61. The van der Waals surface area contributed by atoms with Crippen LogP contribution in [0.25, 0.3) is 28.5 Å². The van der Waals surface area contributed by atoms with Crippen molar-refractivity contribution in [2.75, 3.05) is 11.9 Å². The van der Waals surface area contributed by atoms with Gasteiger partial charge in [-0.2, -0.15) is 0 Å². The molecular weight excluding hydrogens is 662 g/mol. The van der Waals surface area contributed by atoms with Gasteiger partial charge in [-0.15, -0.1) is 0 Å². The van der Waals surface area contributed by atoms with E-state index in [4.69, 9.17) is 9.84 Å². The molecule has 0 bridgehead atoms. The first-order valence-corrected chi connectivity index (χ1v) is 16.9. The summed E-state index contributed by atoms with van der Waals surface area (Å²) in [5.74, 6) is -0.572. The molecule has 0 spiro atoms. The number of hydrogen-bond acceptors (Lipinski definition) is 6. The van der Waals surface area contributed by atoms with Crippen LogP contribution in [0.5, 0.6) is 5.75 Å². The first-order chi connectivity index (χ1) is 22.7. The quantitative estimate of drug-likeness (QED) is 0.146. The van der Waals surface area contributed by atoms with E-state index in [-0.39, 0.29) is 11.8 Å². The number of aromatic nitrogens is 3. The minimum atomic E-state index is -1.07. The SMILES string of the molecule is CCOc1cc(NC(=O)C2(NC(=O)c3ccc4c(c3)c(C)c(-c3ncc(Br)cn3)n4C3CCCCC3)CCC2)ccc1/C=C/C(=O)O. The zero-order valence-electron chi connectivity index (χ0n) is 26.5. The summed E-state index contributed by atoms with van der Waals surface area (Å²) in [5, 5.41) is 16.0. The number of halogens is 1. The molecule has 2 saturated carbocycles. The van der Waals surface area contributed by atoms with Gasteiger partial charge in [-0.1, -0.05) is 19.3 Å². The summed E-state index contributed by atoms with van der Waals surface area (Å²) in [4.78, 5) is 47.7. The number of nitrogens with zero attached hydrogens (tertiary/aromatic N) is 3. The van der Waals surface area contributed by atoms with E-state index in [1.807, 2.05) is 25.1 Å². The lowest BCUT2D eigenvalue weighted by Gasteiger charge is -2.40. The molecule has 2 aromatic carbocycles. The van der Waals surface area contributed by atoms with Gasteiger partial charge >= 0.3 is 5.97 Å². The number of amides is 2. The summed E-state index contributed by atoms with van der Waals surface area (Å²) in [6.07, 6.45) is 13.6. The second kappa shape index (κ2) is 13.7. The standard InChI is InChI=1S/C36H38BrN5O5/c1-3-47-30-19-26(13-10-23(30)12-15-31(43)44)40-35(46)36(16-7-17-36)41-34(45)24-11-14-29-28(18-24)22(2)32(33-38-20-25(37)21-39-33)42(29)27-8-5-4-6-9-27/h10-15,18-21,27H,3-9,16-17H2,1-2H3,(H,40,46)(H,41,45)(H,43,44)/b15-12+. The third kappa shape index (κ3) is 6.67. The van der Waals surface area contributed by atoms with Crippen LogP contribution in [0.2, 0.25) is 0 Å². The number of benzene rings is 2. The fourth-order valence-electron chi connectivity index (χ4n) is 6.72. The molecule has 0 atom stereocenters.